The van der Waals surface area contributed by atoms with Crippen molar-refractivity contribution in [1.82, 2.24) is 20.1 Å². The maximum absolute atomic E-state index is 12.9. The van der Waals surface area contributed by atoms with Crippen molar-refractivity contribution < 1.29 is 29.0 Å². The lowest BCUT2D eigenvalue weighted by molar-refractivity contribution is -0.141. The Morgan fingerprint density at radius 3 is 2.44 bits per heavy atom. The third-order valence-electron chi connectivity index (χ3n) is 5.43. The van der Waals surface area contributed by atoms with E-state index in [0.29, 0.717) is 34.6 Å². The molecule has 0 saturated carbocycles. The molecule has 204 valence electrons. The molecule has 1 heterocycles. The number of nitrogens with one attached hydrogen (secondary N) is 1. The number of carbonyl (C=O) groups is 3. The number of rotatable bonds is 10. The normalized spacial score (nSPS) is 11.7. The summed E-state index contributed by atoms with van der Waals surface area (Å²) in [7, 11) is 3.26. The first-order chi connectivity index (χ1) is 18.7. The van der Waals surface area contributed by atoms with Crippen molar-refractivity contribution in [2.75, 3.05) is 20.7 Å². The Morgan fingerprint density at radius 2 is 1.82 bits per heavy atom. The highest BCUT2D eigenvalue weighted by molar-refractivity contribution is 6.30. The SMILES string of the molecule is COc1ccnc(Oc2ccc(N=C(NC(=O)N(C=O)C[C@H](C)C(=O)O)N(C)Cc3ccc(Cl)cc3)cc2)c1. The van der Waals surface area contributed by atoms with Crippen LogP contribution >= 0.6 is 11.6 Å². The second-order valence-electron chi connectivity index (χ2n) is 8.48. The first-order valence-electron chi connectivity index (χ1n) is 11.8. The second kappa shape index (κ2) is 13.8. The summed E-state index contributed by atoms with van der Waals surface area (Å²) in [5, 5.41) is 12.4. The Bertz CT molecular complexity index is 1320. The number of hydrogen-bond acceptors (Lipinski definition) is 7. The lowest BCUT2D eigenvalue weighted by atomic mass is 10.2. The summed E-state index contributed by atoms with van der Waals surface area (Å²) in [5.74, 6) is -0.481. The number of methoxy groups -OCH3 is 1. The molecule has 0 fully saturated rings. The second-order valence-corrected chi connectivity index (χ2v) is 8.91. The Kier molecular flexibility index (Phi) is 10.2. The highest BCUT2D eigenvalue weighted by atomic mass is 35.5. The van der Waals surface area contributed by atoms with Crippen molar-refractivity contribution in [2.24, 2.45) is 10.9 Å². The number of benzene rings is 2. The number of aliphatic carboxylic acids is 1. The van der Waals surface area contributed by atoms with Gasteiger partial charge in [0.25, 0.3) is 0 Å². The van der Waals surface area contributed by atoms with Gasteiger partial charge in [-0.2, -0.15) is 0 Å². The molecule has 3 amide bonds. The fraction of sp³-hybridized carbons (Fsp3) is 0.222. The van der Waals surface area contributed by atoms with Crippen molar-refractivity contribution in [2.45, 2.75) is 13.5 Å². The molecule has 2 aromatic carbocycles. The molecule has 0 saturated heterocycles. The smallest absolute Gasteiger partial charge is 0.330 e. The highest BCUT2D eigenvalue weighted by Crippen LogP contribution is 2.25. The Morgan fingerprint density at radius 1 is 1.13 bits per heavy atom. The van der Waals surface area contributed by atoms with Crippen molar-refractivity contribution in [3.05, 3.63) is 77.4 Å². The molecule has 11 nitrogen and oxygen atoms in total. The molecule has 3 aromatic rings. The van der Waals surface area contributed by atoms with Gasteiger partial charge in [-0.05, 0) is 48.0 Å². The average Bonchev–Trinajstić information content (AvgIpc) is 2.93. The number of aromatic nitrogens is 1. The molecule has 12 heteroatoms. The molecule has 39 heavy (non-hydrogen) atoms. The van der Waals surface area contributed by atoms with Crippen LogP contribution < -0.4 is 14.8 Å². The van der Waals surface area contributed by atoms with Crippen LogP contribution in [0.5, 0.6) is 17.4 Å². The number of carboxylic acid groups (broad SMARTS) is 1. The van der Waals surface area contributed by atoms with E-state index in [4.69, 9.17) is 26.2 Å². The third-order valence-corrected chi connectivity index (χ3v) is 5.68. The number of guanidine groups is 1. The van der Waals surface area contributed by atoms with E-state index in [1.807, 2.05) is 12.1 Å². The standard InChI is InChI=1S/C27H28ClN5O6/c1-18(25(35)36)15-33(17-34)27(37)31-26(32(2)16-19-4-6-20(28)7-5-19)30-21-8-10-22(11-9-21)39-24-14-23(38-3)12-13-29-24/h4-14,17-18H,15-16H2,1-3H3,(H,35,36)(H,30,31,37)/t18-/m0/s1. The monoisotopic (exact) mass is 553 g/mol. The first kappa shape index (κ1) is 28.9. The van der Waals surface area contributed by atoms with E-state index in [0.717, 1.165) is 10.5 Å². The average molecular weight is 554 g/mol. The summed E-state index contributed by atoms with van der Waals surface area (Å²) in [6.07, 6.45) is 1.85. The Labute approximate surface area is 230 Å². The number of ether oxygens (including phenoxy) is 2. The number of pyridine rings is 1. The van der Waals surface area contributed by atoms with Crippen molar-refractivity contribution in [3.63, 3.8) is 0 Å². The van der Waals surface area contributed by atoms with Crippen LogP contribution in [0, 0.1) is 5.92 Å². The van der Waals surface area contributed by atoms with Gasteiger partial charge in [-0.3, -0.25) is 19.8 Å². The molecule has 0 aliphatic heterocycles. The molecule has 0 bridgehead atoms. The Balaban J connectivity index is 1.83. The van der Waals surface area contributed by atoms with Crippen molar-refractivity contribution in [1.29, 1.82) is 0 Å². The van der Waals surface area contributed by atoms with E-state index in [-0.39, 0.29) is 18.9 Å². The van der Waals surface area contributed by atoms with Gasteiger partial charge >= 0.3 is 12.0 Å². The predicted molar refractivity (Wildman–Crippen MR) is 145 cm³/mol. The van der Waals surface area contributed by atoms with Gasteiger partial charge in [0.15, 0.2) is 0 Å². The zero-order valence-corrected chi connectivity index (χ0v) is 22.3. The van der Waals surface area contributed by atoms with Crippen molar-refractivity contribution >= 4 is 41.7 Å². The van der Waals surface area contributed by atoms with Crippen LogP contribution in [0.2, 0.25) is 5.02 Å². The largest absolute Gasteiger partial charge is 0.497 e. The number of urea groups is 1. The Hall–Kier alpha value is -4.64. The summed E-state index contributed by atoms with van der Waals surface area (Å²) in [5.41, 5.74) is 1.38. The summed E-state index contributed by atoms with van der Waals surface area (Å²) in [4.78, 5) is 46.8. The first-order valence-corrected chi connectivity index (χ1v) is 12.1. The molecular weight excluding hydrogens is 526 g/mol. The van der Waals surface area contributed by atoms with Crippen LogP contribution in [-0.2, 0) is 16.1 Å². The fourth-order valence-corrected chi connectivity index (χ4v) is 3.39. The van der Waals surface area contributed by atoms with Gasteiger partial charge in [0.05, 0.1) is 18.7 Å². The number of amides is 3. The summed E-state index contributed by atoms with van der Waals surface area (Å²) < 4.78 is 10.9. The van der Waals surface area contributed by atoms with Crippen LogP contribution in [0.4, 0.5) is 10.5 Å². The number of hydrogen-bond donors (Lipinski definition) is 2. The van der Waals surface area contributed by atoms with Gasteiger partial charge < -0.3 is 19.5 Å². The van der Waals surface area contributed by atoms with Crippen molar-refractivity contribution in [3.8, 4) is 17.4 Å². The van der Waals surface area contributed by atoms with E-state index in [1.165, 1.54) is 6.92 Å². The van der Waals surface area contributed by atoms with E-state index >= 15 is 0 Å². The van der Waals surface area contributed by atoms with Crippen LogP contribution in [0.25, 0.3) is 0 Å². The van der Waals surface area contributed by atoms with Gasteiger partial charge in [-0.15, -0.1) is 0 Å². The van der Waals surface area contributed by atoms with E-state index in [2.05, 4.69) is 15.3 Å². The molecule has 0 aliphatic carbocycles. The minimum absolute atomic E-state index is 0.132. The van der Waals surface area contributed by atoms with Crippen LogP contribution in [0.1, 0.15) is 12.5 Å². The topological polar surface area (TPSA) is 134 Å². The van der Waals surface area contributed by atoms with Gasteiger partial charge in [0.1, 0.15) is 11.5 Å². The van der Waals surface area contributed by atoms with E-state index < -0.39 is 17.9 Å². The highest BCUT2D eigenvalue weighted by Gasteiger charge is 2.22. The number of nitrogens with zero attached hydrogens (tertiary/aromatic N) is 4. The molecule has 0 radical (unpaired) electrons. The predicted octanol–water partition coefficient (Wildman–Crippen LogP) is 4.54. The molecule has 0 spiro atoms. The quantitative estimate of drug-likeness (QED) is 0.212. The molecular formula is C27H28ClN5O6. The number of carbonyl (C=O) groups excluding carboxylic acids is 2. The minimum Gasteiger partial charge on any atom is -0.497 e. The van der Waals surface area contributed by atoms with Crippen LogP contribution in [0.3, 0.4) is 0 Å². The molecule has 1 aromatic heterocycles. The number of carboxylic acids is 1. The van der Waals surface area contributed by atoms with Gasteiger partial charge in [-0.25, -0.2) is 14.8 Å². The summed E-state index contributed by atoms with van der Waals surface area (Å²) in [6.45, 7) is 1.45. The molecule has 1 atom stereocenters. The minimum atomic E-state index is -1.13. The van der Waals surface area contributed by atoms with E-state index in [1.54, 1.807) is 73.8 Å². The number of halogens is 1. The van der Waals surface area contributed by atoms with Gasteiger partial charge in [0, 0.05) is 37.4 Å². The summed E-state index contributed by atoms with van der Waals surface area (Å²) in [6, 6.07) is 16.4. The van der Waals surface area contributed by atoms with Crippen LogP contribution in [-0.4, -0.2) is 65.0 Å². The maximum atomic E-state index is 12.9. The van der Waals surface area contributed by atoms with Gasteiger partial charge in [0.2, 0.25) is 18.2 Å². The third kappa shape index (κ3) is 8.71. The van der Waals surface area contributed by atoms with Crippen LogP contribution in [0.15, 0.2) is 71.9 Å². The lowest BCUT2D eigenvalue weighted by Crippen LogP contribution is -2.49. The zero-order valence-electron chi connectivity index (χ0n) is 21.6. The molecule has 0 unspecified atom stereocenters. The van der Waals surface area contributed by atoms with Gasteiger partial charge in [-0.1, -0.05) is 30.7 Å². The molecule has 2 N–H and O–H groups in total. The number of aliphatic imine (C=N–C) groups is 1. The zero-order chi connectivity index (χ0) is 28.4. The summed E-state index contributed by atoms with van der Waals surface area (Å²) >= 11 is 5.99. The molecule has 3 rings (SSSR count). The van der Waals surface area contributed by atoms with E-state index in [9.17, 15) is 14.4 Å². The molecule has 0 aliphatic rings. The maximum Gasteiger partial charge on any atom is 0.330 e. The fourth-order valence-electron chi connectivity index (χ4n) is 3.27. The lowest BCUT2D eigenvalue weighted by Gasteiger charge is -2.24. The number of imide groups is 1.